The maximum absolute atomic E-state index is 6.31. The number of aromatic nitrogens is 2. The molecule has 1 fully saturated rings. The molecule has 0 radical (unpaired) electrons. The molecule has 28 heavy (non-hydrogen) atoms. The van der Waals surface area contributed by atoms with Crippen molar-refractivity contribution >= 4 is 28.3 Å². The van der Waals surface area contributed by atoms with E-state index in [4.69, 9.17) is 16.6 Å². The number of benzene rings is 1. The summed E-state index contributed by atoms with van der Waals surface area (Å²) in [5, 5.41) is 2.09. The van der Waals surface area contributed by atoms with Crippen LogP contribution in [0.2, 0.25) is 5.02 Å². The van der Waals surface area contributed by atoms with Crippen LogP contribution in [0.4, 0.5) is 5.69 Å². The largest absolute Gasteiger partial charge is 0.371 e. The highest BCUT2D eigenvalue weighted by Crippen LogP contribution is 2.38. The van der Waals surface area contributed by atoms with E-state index in [2.05, 4.69) is 57.1 Å². The Kier molecular flexibility index (Phi) is 4.91. The van der Waals surface area contributed by atoms with Gasteiger partial charge in [-0.3, -0.25) is 4.57 Å². The van der Waals surface area contributed by atoms with E-state index in [1.54, 1.807) is 0 Å². The molecular formula is C24H30ClN3. The smallest absolute Gasteiger partial charge is 0.147 e. The minimum absolute atomic E-state index is 0.789. The lowest BCUT2D eigenvalue weighted by molar-refractivity contribution is 0.439. The Morgan fingerprint density at radius 3 is 2.18 bits per heavy atom. The molecule has 0 unspecified atom stereocenters. The van der Waals surface area contributed by atoms with Crippen molar-refractivity contribution < 1.29 is 0 Å². The summed E-state index contributed by atoms with van der Waals surface area (Å²) in [6.45, 7) is 15.4. The molecule has 0 spiro atoms. The fourth-order valence-corrected chi connectivity index (χ4v) is 5.02. The van der Waals surface area contributed by atoms with Crippen molar-refractivity contribution in [2.75, 3.05) is 18.0 Å². The Labute approximate surface area is 173 Å². The lowest BCUT2D eigenvalue weighted by Gasteiger charge is -2.33. The third-order valence-corrected chi connectivity index (χ3v) is 6.59. The third-order valence-electron chi connectivity index (χ3n) is 6.38. The number of halogens is 1. The normalized spacial score (nSPS) is 15.6. The van der Waals surface area contributed by atoms with Crippen LogP contribution < -0.4 is 4.90 Å². The second kappa shape index (κ2) is 7.11. The maximum Gasteiger partial charge on any atom is 0.147 e. The molecule has 148 valence electrons. The summed E-state index contributed by atoms with van der Waals surface area (Å²) in [6.07, 6.45) is 2.52. The van der Waals surface area contributed by atoms with Crippen LogP contribution in [-0.2, 0) is 0 Å². The van der Waals surface area contributed by atoms with Crippen LogP contribution >= 0.6 is 11.6 Å². The Hall–Kier alpha value is -2.00. The molecule has 0 aliphatic carbocycles. The minimum Gasteiger partial charge on any atom is -0.371 e. The average molecular weight is 396 g/mol. The SMILES string of the molecule is Cc1cc(N2CCC(C)CC2)c2c(C)c(C)n(-c3c(C)cc(Cl)cc3C)c2n1. The van der Waals surface area contributed by atoms with Crippen LogP contribution in [0.15, 0.2) is 18.2 Å². The molecule has 0 atom stereocenters. The van der Waals surface area contributed by atoms with Crippen LogP contribution in [0.1, 0.15) is 47.8 Å². The number of pyridine rings is 1. The first kappa shape index (κ1) is 19.3. The zero-order valence-electron chi connectivity index (χ0n) is 17.9. The van der Waals surface area contributed by atoms with Crippen molar-refractivity contribution in [3.05, 3.63) is 51.3 Å². The number of piperidine rings is 1. The molecule has 3 nitrogen and oxygen atoms in total. The third kappa shape index (κ3) is 3.10. The number of fused-ring (bicyclic) bond motifs is 1. The van der Waals surface area contributed by atoms with Crippen LogP contribution in [0.25, 0.3) is 16.7 Å². The van der Waals surface area contributed by atoms with Crippen molar-refractivity contribution in [2.45, 2.75) is 54.4 Å². The van der Waals surface area contributed by atoms with Gasteiger partial charge in [-0.25, -0.2) is 4.98 Å². The number of nitrogens with zero attached hydrogens (tertiary/aromatic N) is 3. The summed E-state index contributed by atoms with van der Waals surface area (Å²) in [5.41, 5.74) is 9.64. The highest BCUT2D eigenvalue weighted by atomic mass is 35.5. The van der Waals surface area contributed by atoms with E-state index in [0.717, 1.165) is 35.4 Å². The lowest BCUT2D eigenvalue weighted by Crippen LogP contribution is -2.33. The van der Waals surface area contributed by atoms with Crippen molar-refractivity contribution in [3.63, 3.8) is 0 Å². The highest BCUT2D eigenvalue weighted by molar-refractivity contribution is 6.30. The minimum atomic E-state index is 0.789. The highest BCUT2D eigenvalue weighted by Gasteiger charge is 2.24. The zero-order valence-corrected chi connectivity index (χ0v) is 18.6. The molecule has 3 aromatic rings. The van der Waals surface area contributed by atoms with E-state index in [9.17, 15) is 0 Å². The van der Waals surface area contributed by atoms with E-state index < -0.39 is 0 Å². The fraction of sp³-hybridized carbons (Fsp3) is 0.458. The molecule has 3 heterocycles. The molecule has 1 aliphatic heterocycles. The molecule has 4 rings (SSSR count). The van der Waals surface area contributed by atoms with Crippen LogP contribution in [0.5, 0.6) is 0 Å². The molecule has 1 aromatic carbocycles. The molecular weight excluding hydrogens is 366 g/mol. The second-order valence-corrected chi connectivity index (χ2v) is 9.02. The first-order chi connectivity index (χ1) is 13.3. The Bertz CT molecular complexity index is 1030. The second-order valence-electron chi connectivity index (χ2n) is 8.58. The first-order valence-corrected chi connectivity index (χ1v) is 10.7. The standard InChI is InChI=1S/C24H30ClN3/c1-14-7-9-27(10-8-14)21-13-17(4)26-24-22(21)18(5)19(6)28(24)23-15(2)11-20(25)12-16(23)3/h11-14H,7-10H2,1-6H3. The summed E-state index contributed by atoms with van der Waals surface area (Å²) in [5.74, 6) is 0.821. The topological polar surface area (TPSA) is 21.1 Å². The molecule has 1 aliphatic rings. The van der Waals surface area contributed by atoms with E-state index >= 15 is 0 Å². The lowest BCUT2D eigenvalue weighted by atomic mass is 9.98. The van der Waals surface area contributed by atoms with Gasteiger partial charge in [-0.1, -0.05) is 18.5 Å². The van der Waals surface area contributed by atoms with Crippen LogP contribution in [0, 0.1) is 40.5 Å². The van der Waals surface area contributed by atoms with Crippen molar-refractivity contribution in [1.82, 2.24) is 9.55 Å². The van der Waals surface area contributed by atoms with Gasteiger partial charge in [-0.15, -0.1) is 0 Å². The van der Waals surface area contributed by atoms with Gasteiger partial charge in [0.2, 0.25) is 0 Å². The number of aryl methyl sites for hydroxylation is 4. The number of hydrogen-bond donors (Lipinski definition) is 0. The Morgan fingerprint density at radius 2 is 1.57 bits per heavy atom. The van der Waals surface area contributed by atoms with Gasteiger partial charge in [-0.05, 0) is 88.3 Å². The molecule has 4 heteroatoms. The summed E-state index contributed by atoms with van der Waals surface area (Å²) in [7, 11) is 0. The monoisotopic (exact) mass is 395 g/mol. The number of hydrogen-bond acceptors (Lipinski definition) is 2. The van der Waals surface area contributed by atoms with E-state index in [-0.39, 0.29) is 0 Å². The first-order valence-electron chi connectivity index (χ1n) is 10.3. The van der Waals surface area contributed by atoms with Crippen LogP contribution in [-0.4, -0.2) is 22.6 Å². The molecule has 2 aromatic heterocycles. The van der Waals surface area contributed by atoms with Gasteiger partial charge in [-0.2, -0.15) is 0 Å². The number of anilines is 1. The van der Waals surface area contributed by atoms with Crippen molar-refractivity contribution in [1.29, 1.82) is 0 Å². The summed E-state index contributed by atoms with van der Waals surface area (Å²) >= 11 is 6.31. The van der Waals surface area contributed by atoms with E-state index in [0.29, 0.717) is 0 Å². The molecule has 1 saturated heterocycles. The van der Waals surface area contributed by atoms with Gasteiger partial charge in [0.05, 0.1) is 5.69 Å². The fourth-order valence-electron chi connectivity index (χ4n) is 4.70. The van der Waals surface area contributed by atoms with Crippen molar-refractivity contribution in [3.8, 4) is 5.69 Å². The summed E-state index contributed by atoms with van der Waals surface area (Å²) in [4.78, 5) is 7.58. The molecule has 0 N–H and O–H groups in total. The van der Waals surface area contributed by atoms with E-state index in [1.165, 1.54) is 52.0 Å². The summed E-state index contributed by atoms with van der Waals surface area (Å²) < 4.78 is 2.34. The molecule has 0 amide bonds. The zero-order chi connectivity index (χ0) is 20.2. The maximum atomic E-state index is 6.31. The summed E-state index contributed by atoms with van der Waals surface area (Å²) in [6, 6.07) is 6.37. The quantitative estimate of drug-likeness (QED) is 0.496. The van der Waals surface area contributed by atoms with Gasteiger partial charge < -0.3 is 4.90 Å². The van der Waals surface area contributed by atoms with Crippen LogP contribution in [0.3, 0.4) is 0 Å². The van der Waals surface area contributed by atoms with Gasteiger partial charge in [0.25, 0.3) is 0 Å². The molecule has 0 bridgehead atoms. The predicted octanol–water partition coefficient (Wildman–Crippen LogP) is 6.46. The number of rotatable bonds is 2. The van der Waals surface area contributed by atoms with E-state index in [1.807, 2.05) is 12.1 Å². The van der Waals surface area contributed by atoms with Gasteiger partial charge in [0.15, 0.2) is 0 Å². The van der Waals surface area contributed by atoms with Gasteiger partial charge in [0, 0.05) is 40.6 Å². The van der Waals surface area contributed by atoms with Gasteiger partial charge >= 0.3 is 0 Å². The Balaban J connectivity index is 1.99. The molecule has 0 saturated carbocycles. The predicted molar refractivity (Wildman–Crippen MR) is 120 cm³/mol. The Morgan fingerprint density at radius 1 is 0.964 bits per heavy atom. The van der Waals surface area contributed by atoms with Crippen molar-refractivity contribution in [2.24, 2.45) is 5.92 Å². The van der Waals surface area contributed by atoms with Gasteiger partial charge in [0.1, 0.15) is 5.65 Å². The average Bonchev–Trinajstić information content (AvgIpc) is 2.86.